The van der Waals surface area contributed by atoms with Gasteiger partial charge in [-0.15, -0.1) is 0 Å². The maximum Gasteiger partial charge on any atom is 0.249 e. The number of fused-ring (bicyclic) bond motifs is 2. The van der Waals surface area contributed by atoms with Gasteiger partial charge in [0, 0.05) is 32.7 Å². The maximum atomic E-state index is 14.1. The fourth-order valence-electron chi connectivity index (χ4n) is 6.97. The van der Waals surface area contributed by atoms with Gasteiger partial charge >= 0.3 is 0 Å². The van der Waals surface area contributed by atoms with Crippen LogP contribution in [0, 0.1) is 11.8 Å². The minimum Gasteiger partial charge on any atom is -0.395 e. The molecular weight excluding hydrogens is 422 g/mol. The molecule has 1 unspecified atom stereocenters. The van der Waals surface area contributed by atoms with Crippen LogP contribution in [0.1, 0.15) is 45.4 Å². The summed E-state index contributed by atoms with van der Waals surface area (Å²) < 4.78 is 6.84. The molecule has 4 heterocycles. The smallest absolute Gasteiger partial charge is 0.249 e. The van der Waals surface area contributed by atoms with Gasteiger partial charge in [0.05, 0.1) is 24.0 Å². The third-order valence-corrected chi connectivity index (χ3v) is 8.53. The maximum absolute atomic E-state index is 14.1. The summed E-state index contributed by atoms with van der Waals surface area (Å²) in [5, 5.41) is 9.77. The molecule has 8 heteroatoms. The van der Waals surface area contributed by atoms with Gasteiger partial charge in [-0.3, -0.25) is 14.4 Å². The van der Waals surface area contributed by atoms with Gasteiger partial charge in [0.25, 0.3) is 0 Å². The average molecular weight is 458 g/mol. The molecule has 180 valence electrons. The monoisotopic (exact) mass is 457 g/mol. The highest BCUT2D eigenvalue weighted by atomic mass is 16.5. The number of hydrogen-bond donors (Lipinski definition) is 1. The normalized spacial score (nSPS) is 38.9. The molecule has 5 atom stereocenters. The summed E-state index contributed by atoms with van der Waals surface area (Å²) in [6.45, 7) is 2.71. The van der Waals surface area contributed by atoms with Crippen molar-refractivity contribution in [2.75, 3.05) is 33.3 Å². The van der Waals surface area contributed by atoms with Crippen molar-refractivity contribution in [3.8, 4) is 0 Å². The van der Waals surface area contributed by atoms with Gasteiger partial charge in [0.2, 0.25) is 17.7 Å². The SMILES string of the molecule is CC[C@@]12C=CCN(C)C(=O)[C@@H]1[C@H]1C(=O)N(CCO)C3C(=O)N(C4CCCCC4)CC=C[C@@]31O2. The molecule has 1 N–H and O–H groups in total. The third kappa shape index (κ3) is 3.13. The molecule has 5 aliphatic rings. The van der Waals surface area contributed by atoms with Crippen LogP contribution in [0.2, 0.25) is 0 Å². The molecule has 3 fully saturated rings. The molecule has 33 heavy (non-hydrogen) atoms. The van der Waals surface area contributed by atoms with E-state index in [9.17, 15) is 19.5 Å². The Morgan fingerprint density at radius 2 is 1.73 bits per heavy atom. The van der Waals surface area contributed by atoms with Crippen molar-refractivity contribution >= 4 is 17.7 Å². The number of carbonyl (C=O) groups is 3. The lowest BCUT2D eigenvalue weighted by Crippen LogP contribution is -2.58. The minimum absolute atomic E-state index is 0.0505. The molecule has 8 nitrogen and oxygen atoms in total. The van der Waals surface area contributed by atoms with E-state index in [1.54, 1.807) is 11.9 Å². The Balaban J connectivity index is 1.63. The second kappa shape index (κ2) is 8.24. The van der Waals surface area contributed by atoms with Crippen LogP contribution < -0.4 is 0 Å². The van der Waals surface area contributed by atoms with Crippen LogP contribution in [-0.4, -0.2) is 94.1 Å². The minimum atomic E-state index is -1.22. The molecule has 4 aliphatic heterocycles. The number of aliphatic hydroxyl groups is 1. The van der Waals surface area contributed by atoms with Crippen LogP contribution in [-0.2, 0) is 19.1 Å². The molecule has 0 aromatic carbocycles. The molecule has 2 saturated heterocycles. The highest BCUT2D eigenvalue weighted by Crippen LogP contribution is 2.58. The number of aliphatic hydroxyl groups excluding tert-OH is 1. The van der Waals surface area contributed by atoms with Crippen LogP contribution in [0.3, 0.4) is 0 Å². The van der Waals surface area contributed by atoms with Gasteiger partial charge in [-0.1, -0.05) is 50.5 Å². The van der Waals surface area contributed by atoms with E-state index in [2.05, 4.69) is 0 Å². The van der Waals surface area contributed by atoms with Gasteiger partial charge in [-0.25, -0.2) is 0 Å². The molecule has 0 aromatic rings. The van der Waals surface area contributed by atoms with Gasteiger partial charge in [-0.05, 0) is 19.3 Å². The van der Waals surface area contributed by atoms with Gasteiger partial charge in [0.1, 0.15) is 11.6 Å². The van der Waals surface area contributed by atoms with Crippen LogP contribution in [0.4, 0.5) is 0 Å². The molecular formula is C25H35N3O5. The van der Waals surface area contributed by atoms with E-state index in [4.69, 9.17) is 4.74 Å². The number of rotatable bonds is 4. The molecule has 0 aromatic heterocycles. The quantitative estimate of drug-likeness (QED) is 0.639. The van der Waals surface area contributed by atoms with Gasteiger partial charge in [-0.2, -0.15) is 0 Å². The largest absolute Gasteiger partial charge is 0.395 e. The Morgan fingerprint density at radius 1 is 1.00 bits per heavy atom. The van der Waals surface area contributed by atoms with E-state index in [1.807, 2.05) is 36.1 Å². The summed E-state index contributed by atoms with van der Waals surface area (Å²) in [7, 11) is 1.74. The Bertz CT molecular complexity index is 896. The molecule has 3 amide bonds. The van der Waals surface area contributed by atoms with Crippen molar-refractivity contribution in [3.05, 3.63) is 24.3 Å². The zero-order valence-electron chi connectivity index (χ0n) is 19.6. The van der Waals surface area contributed by atoms with Crippen LogP contribution in [0.15, 0.2) is 24.3 Å². The number of hydrogen-bond acceptors (Lipinski definition) is 5. The lowest BCUT2D eigenvalue weighted by Gasteiger charge is -2.40. The van der Waals surface area contributed by atoms with Crippen molar-refractivity contribution in [2.24, 2.45) is 11.8 Å². The molecule has 1 spiro atoms. The van der Waals surface area contributed by atoms with Crippen molar-refractivity contribution in [3.63, 3.8) is 0 Å². The summed E-state index contributed by atoms with van der Waals surface area (Å²) in [5.41, 5.74) is -2.15. The van der Waals surface area contributed by atoms with Crippen LogP contribution in [0.25, 0.3) is 0 Å². The highest BCUT2D eigenvalue weighted by molar-refractivity contribution is 6.00. The van der Waals surface area contributed by atoms with E-state index in [0.717, 1.165) is 25.7 Å². The lowest BCUT2D eigenvalue weighted by atomic mass is 9.73. The zero-order valence-corrected chi connectivity index (χ0v) is 19.6. The first kappa shape index (κ1) is 22.6. The van der Waals surface area contributed by atoms with E-state index in [1.165, 1.54) is 11.3 Å². The fraction of sp³-hybridized carbons (Fsp3) is 0.720. The highest BCUT2D eigenvalue weighted by Gasteiger charge is 2.75. The van der Waals surface area contributed by atoms with Gasteiger partial charge < -0.3 is 24.5 Å². The summed E-state index contributed by atoms with van der Waals surface area (Å²) in [4.78, 5) is 46.6. The summed E-state index contributed by atoms with van der Waals surface area (Å²) in [5.74, 6) is -2.02. The van der Waals surface area contributed by atoms with E-state index in [0.29, 0.717) is 19.5 Å². The van der Waals surface area contributed by atoms with Crippen molar-refractivity contribution in [2.45, 2.75) is 68.7 Å². The molecule has 0 radical (unpaired) electrons. The summed E-state index contributed by atoms with van der Waals surface area (Å²) >= 11 is 0. The third-order valence-electron chi connectivity index (χ3n) is 8.53. The van der Waals surface area contributed by atoms with E-state index >= 15 is 0 Å². The Morgan fingerprint density at radius 3 is 2.42 bits per heavy atom. The molecule has 1 aliphatic carbocycles. The van der Waals surface area contributed by atoms with Gasteiger partial charge in [0.15, 0.2) is 0 Å². The first-order valence-electron chi connectivity index (χ1n) is 12.4. The Kier molecular flexibility index (Phi) is 5.64. The number of likely N-dealkylation sites (tertiary alicyclic amines) is 1. The average Bonchev–Trinajstić information content (AvgIpc) is 3.11. The Hall–Kier alpha value is -2.19. The predicted octanol–water partition coefficient (Wildman–Crippen LogP) is 1.10. The van der Waals surface area contributed by atoms with Crippen molar-refractivity contribution in [1.82, 2.24) is 14.7 Å². The number of β-amino-alcohol motifs (C(OH)–C–C–N with tert-alkyl or cyclic N) is 1. The summed E-state index contributed by atoms with van der Waals surface area (Å²) in [6, 6.07) is -0.722. The van der Waals surface area contributed by atoms with E-state index < -0.39 is 29.1 Å². The second-order valence-corrected chi connectivity index (χ2v) is 10.2. The fourth-order valence-corrected chi connectivity index (χ4v) is 6.97. The molecule has 0 bridgehead atoms. The van der Waals surface area contributed by atoms with Crippen LogP contribution in [0.5, 0.6) is 0 Å². The first-order chi connectivity index (χ1) is 15.9. The second-order valence-electron chi connectivity index (χ2n) is 10.2. The Labute approximate surface area is 195 Å². The number of ether oxygens (including phenoxy) is 1. The summed E-state index contributed by atoms with van der Waals surface area (Å²) in [6.07, 6.45) is 13.6. The van der Waals surface area contributed by atoms with Crippen LogP contribution >= 0.6 is 0 Å². The molecule has 1 saturated carbocycles. The standard InChI is InChI=1S/C25H35N3O5/c1-3-24-11-7-13-26(2)21(30)18(24)19-22(31)28(15-16-29)20-23(32)27(17-9-5-4-6-10-17)14-8-12-25(19,20)33-24/h7-8,11-12,17-20,29H,3-6,9-10,13-16H2,1-2H3/t18-,19-,20?,24+,25-/m0/s1. The first-order valence-corrected chi connectivity index (χ1v) is 12.4. The topological polar surface area (TPSA) is 90.4 Å². The van der Waals surface area contributed by atoms with Crippen molar-refractivity contribution < 1.29 is 24.2 Å². The number of likely N-dealkylation sites (N-methyl/N-ethyl adjacent to an activating group) is 1. The number of nitrogens with zero attached hydrogens (tertiary/aromatic N) is 3. The lowest BCUT2D eigenvalue weighted by molar-refractivity contribution is -0.155. The number of amides is 3. The number of carbonyl (C=O) groups excluding carboxylic acids is 3. The zero-order chi connectivity index (χ0) is 23.4. The molecule has 5 rings (SSSR count). The van der Waals surface area contributed by atoms with E-state index in [-0.39, 0.29) is 36.9 Å². The predicted molar refractivity (Wildman–Crippen MR) is 121 cm³/mol. The van der Waals surface area contributed by atoms with Crippen molar-refractivity contribution in [1.29, 1.82) is 0 Å².